The van der Waals surface area contributed by atoms with E-state index >= 15 is 0 Å². The van der Waals surface area contributed by atoms with Crippen LogP contribution in [0.15, 0.2) is 54.6 Å². The number of methoxy groups -OCH3 is 1. The van der Waals surface area contributed by atoms with Crippen molar-refractivity contribution in [3.05, 3.63) is 65.2 Å². The number of benzene rings is 2. The molecule has 0 unspecified atom stereocenters. The maximum atomic E-state index is 13.0. The molecule has 2 aromatic rings. The molecule has 1 amide bonds. The van der Waals surface area contributed by atoms with Crippen molar-refractivity contribution in [1.29, 1.82) is 0 Å². The van der Waals surface area contributed by atoms with Gasteiger partial charge in [0.1, 0.15) is 18.5 Å². The fourth-order valence-electron chi connectivity index (χ4n) is 3.62. The van der Waals surface area contributed by atoms with E-state index < -0.39 is 6.10 Å². The molecule has 0 radical (unpaired) electrons. The van der Waals surface area contributed by atoms with E-state index in [2.05, 4.69) is 4.90 Å². The molecule has 1 aliphatic heterocycles. The largest absolute Gasteiger partial charge is 0.491 e. The fraction of sp³-hybridized carbons (Fsp3) is 0.458. The third-order valence-corrected chi connectivity index (χ3v) is 5.50. The number of aliphatic hydroxyl groups excluding tert-OH is 1. The molecule has 3 rings (SSSR count). The molecule has 8 heteroatoms. The van der Waals surface area contributed by atoms with Gasteiger partial charge in [0, 0.05) is 50.4 Å². The third-order valence-electron chi connectivity index (χ3n) is 5.25. The van der Waals surface area contributed by atoms with Crippen molar-refractivity contribution in [2.45, 2.75) is 12.2 Å². The molecule has 1 heterocycles. The Morgan fingerprint density at radius 1 is 1.25 bits per heavy atom. The molecule has 0 aromatic heterocycles. The Morgan fingerprint density at radius 3 is 2.72 bits per heavy atom. The number of aliphatic hydroxyl groups is 1. The lowest BCUT2D eigenvalue weighted by atomic mass is 10.1. The van der Waals surface area contributed by atoms with E-state index in [0.29, 0.717) is 55.7 Å². The second kappa shape index (κ2) is 12.8. The Balaban J connectivity index is 1.50. The summed E-state index contributed by atoms with van der Waals surface area (Å²) in [4.78, 5) is 16.9. The third kappa shape index (κ3) is 7.76. The van der Waals surface area contributed by atoms with Gasteiger partial charge < -0.3 is 24.2 Å². The van der Waals surface area contributed by atoms with Crippen LogP contribution in [0.4, 0.5) is 0 Å². The Morgan fingerprint density at radius 2 is 2.00 bits per heavy atom. The van der Waals surface area contributed by atoms with Crippen molar-refractivity contribution in [1.82, 2.24) is 9.80 Å². The Bertz CT molecular complexity index is 821. The van der Waals surface area contributed by atoms with E-state index in [4.69, 9.17) is 25.8 Å². The number of hydrogen-bond donors (Lipinski definition) is 1. The molecule has 2 atom stereocenters. The summed E-state index contributed by atoms with van der Waals surface area (Å²) in [5.74, 6) is 0.626. The number of morpholine rings is 1. The van der Waals surface area contributed by atoms with Crippen LogP contribution in [0.1, 0.15) is 10.4 Å². The summed E-state index contributed by atoms with van der Waals surface area (Å²) in [6, 6.07) is 16.3. The SMILES string of the molecule is COCCN(C[C@H]1CN(C[C@H](O)COc2ccc(Cl)cc2)CCO1)C(=O)c1ccccc1. The van der Waals surface area contributed by atoms with Crippen molar-refractivity contribution in [2.75, 3.05) is 59.7 Å². The van der Waals surface area contributed by atoms with Gasteiger partial charge in [-0.2, -0.15) is 0 Å². The molecule has 0 bridgehead atoms. The van der Waals surface area contributed by atoms with Gasteiger partial charge in [-0.05, 0) is 36.4 Å². The molecule has 0 saturated carbocycles. The average molecular weight is 463 g/mol. The normalized spacial score (nSPS) is 17.7. The number of amides is 1. The van der Waals surface area contributed by atoms with E-state index in [1.807, 2.05) is 30.3 Å². The van der Waals surface area contributed by atoms with Crippen molar-refractivity contribution in [2.24, 2.45) is 0 Å². The summed E-state index contributed by atoms with van der Waals surface area (Å²) in [5, 5.41) is 11.1. The van der Waals surface area contributed by atoms with Crippen molar-refractivity contribution >= 4 is 17.5 Å². The fourth-order valence-corrected chi connectivity index (χ4v) is 3.74. The number of rotatable bonds is 11. The van der Waals surface area contributed by atoms with E-state index in [0.717, 1.165) is 6.54 Å². The van der Waals surface area contributed by atoms with Crippen LogP contribution in [0.25, 0.3) is 0 Å². The minimum Gasteiger partial charge on any atom is -0.491 e. The van der Waals surface area contributed by atoms with Gasteiger partial charge >= 0.3 is 0 Å². The molecule has 1 saturated heterocycles. The topological polar surface area (TPSA) is 71.5 Å². The zero-order valence-corrected chi connectivity index (χ0v) is 19.1. The minimum absolute atomic E-state index is 0.0419. The smallest absolute Gasteiger partial charge is 0.254 e. The van der Waals surface area contributed by atoms with Gasteiger partial charge in [-0.15, -0.1) is 0 Å². The number of hydrogen-bond acceptors (Lipinski definition) is 6. The van der Waals surface area contributed by atoms with Crippen LogP contribution < -0.4 is 4.74 Å². The highest BCUT2D eigenvalue weighted by atomic mass is 35.5. The number of carbonyl (C=O) groups excluding carboxylic acids is 1. The maximum Gasteiger partial charge on any atom is 0.254 e. The second-order valence-electron chi connectivity index (χ2n) is 7.78. The first kappa shape index (κ1) is 24.5. The lowest BCUT2D eigenvalue weighted by Crippen LogP contribution is -2.51. The highest BCUT2D eigenvalue weighted by Crippen LogP contribution is 2.16. The molecule has 0 aliphatic carbocycles. The summed E-state index contributed by atoms with van der Waals surface area (Å²) >= 11 is 5.88. The van der Waals surface area contributed by atoms with Gasteiger partial charge in [0.05, 0.1) is 19.3 Å². The van der Waals surface area contributed by atoms with Crippen LogP contribution in [-0.4, -0.2) is 92.7 Å². The molecular formula is C24H31ClN2O5. The van der Waals surface area contributed by atoms with Gasteiger partial charge in [0.15, 0.2) is 0 Å². The van der Waals surface area contributed by atoms with E-state index in [1.165, 1.54) is 0 Å². The first-order valence-corrected chi connectivity index (χ1v) is 11.2. The van der Waals surface area contributed by atoms with Crippen LogP contribution in [0.5, 0.6) is 5.75 Å². The first-order chi connectivity index (χ1) is 15.5. The summed E-state index contributed by atoms with van der Waals surface area (Å²) in [5.41, 5.74) is 0.644. The predicted octanol–water partition coefficient (Wildman–Crippen LogP) is 2.57. The number of β-amino-alcohol motifs (C(OH)–C–C–N with tert-alkyl or cyclic N) is 1. The van der Waals surface area contributed by atoms with Gasteiger partial charge in [-0.25, -0.2) is 0 Å². The van der Waals surface area contributed by atoms with Crippen LogP contribution in [0, 0.1) is 0 Å². The second-order valence-corrected chi connectivity index (χ2v) is 8.22. The average Bonchev–Trinajstić information content (AvgIpc) is 2.82. The zero-order valence-electron chi connectivity index (χ0n) is 18.4. The predicted molar refractivity (Wildman–Crippen MR) is 123 cm³/mol. The molecule has 174 valence electrons. The molecule has 1 aliphatic rings. The summed E-state index contributed by atoms with van der Waals surface area (Å²) < 4.78 is 16.8. The molecule has 1 fully saturated rings. The van der Waals surface area contributed by atoms with Gasteiger partial charge in [-0.3, -0.25) is 9.69 Å². The lowest BCUT2D eigenvalue weighted by molar-refractivity contribution is -0.0546. The number of ether oxygens (including phenoxy) is 3. The van der Waals surface area contributed by atoms with Crippen molar-refractivity contribution < 1.29 is 24.1 Å². The van der Waals surface area contributed by atoms with Crippen molar-refractivity contribution in [3.63, 3.8) is 0 Å². The summed E-state index contributed by atoms with van der Waals surface area (Å²) in [6.45, 7) is 3.96. The van der Waals surface area contributed by atoms with E-state index in [9.17, 15) is 9.90 Å². The Kier molecular flexibility index (Phi) is 9.77. The van der Waals surface area contributed by atoms with E-state index in [-0.39, 0.29) is 18.6 Å². The van der Waals surface area contributed by atoms with E-state index in [1.54, 1.807) is 36.3 Å². The standard InChI is InChI=1S/C24H31ClN2O5/c1-30-13-12-27(24(29)19-5-3-2-4-6-19)17-23-16-26(11-14-31-23)15-21(28)18-32-22-9-7-20(25)8-10-22/h2-10,21,23,28H,11-18H2,1H3/t21-,23+/m0/s1. The van der Waals surface area contributed by atoms with Gasteiger partial charge in [0.2, 0.25) is 0 Å². The van der Waals surface area contributed by atoms with Crippen LogP contribution in [0.2, 0.25) is 5.02 Å². The highest BCUT2D eigenvalue weighted by molar-refractivity contribution is 6.30. The summed E-state index contributed by atoms with van der Waals surface area (Å²) in [7, 11) is 1.62. The van der Waals surface area contributed by atoms with Crippen LogP contribution in [-0.2, 0) is 9.47 Å². The maximum absolute atomic E-state index is 13.0. The number of carbonyl (C=O) groups is 1. The monoisotopic (exact) mass is 462 g/mol. The first-order valence-electron chi connectivity index (χ1n) is 10.8. The molecule has 7 nitrogen and oxygen atoms in total. The summed E-state index contributed by atoms with van der Waals surface area (Å²) in [6.07, 6.45) is -0.780. The van der Waals surface area contributed by atoms with Crippen LogP contribution >= 0.6 is 11.6 Å². The molecule has 0 spiro atoms. The van der Waals surface area contributed by atoms with Crippen molar-refractivity contribution in [3.8, 4) is 5.75 Å². The molecule has 1 N–H and O–H groups in total. The molecule has 32 heavy (non-hydrogen) atoms. The molecule has 2 aromatic carbocycles. The van der Waals surface area contributed by atoms with Gasteiger partial charge in [-0.1, -0.05) is 29.8 Å². The zero-order chi connectivity index (χ0) is 22.8. The quantitative estimate of drug-likeness (QED) is 0.553. The number of nitrogens with zero attached hydrogens (tertiary/aromatic N) is 2. The minimum atomic E-state index is -0.639. The van der Waals surface area contributed by atoms with Gasteiger partial charge in [0.25, 0.3) is 5.91 Å². The number of halogens is 1. The Labute approximate surface area is 194 Å². The van der Waals surface area contributed by atoms with Crippen LogP contribution in [0.3, 0.4) is 0 Å². The molecular weight excluding hydrogens is 432 g/mol. The lowest BCUT2D eigenvalue weighted by Gasteiger charge is -2.36. The highest BCUT2D eigenvalue weighted by Gasteiger charge is 2.26. The Hall–Kier alpha value is -2.16.